The topological polar surface area (TPSA) is 55.5 Å². The van der Waals surface area contributed by atoms with E-state index in [1.807, 2.05) is 4.52 Å². The minimum atomic E-state index is 0.765. The molecule has 0 saturated carbocycles. The Kier molecular flexibility index (Phi) is 3.61. The number of fused-ring (bicyclic) bond motifs is 1. The van der Waals surface area contributed by atoms with Crippen LogP contribution in [-0.2, 0) is 11.3 Å². The van der Waals surface area contributed by atoms with Crippen molar-refractivity contribution in [2.75, 3.05) is 26.3 Å². The van der Waals surface area contributed by atoms with Crippen LogP contribution in [0, 0.1) is 6.92 Å². The molecule has 0 N–H and O–H groups in total. The van der Waals surface area contributed by atoms with E-state index in [-0.39, 0.29) is 0 Å². The summed E-state index contributed by atoms with van der Waals surface area (Å²) in [6.07, 6.45) is 0. The lowest BCUT2D eigenvalue weighted by Crippen LogP contribution is -2.36. The van der Waals surface area contributed by atoms with Crippen molar-refractivity contribution in [1.29, 1.82) is 0 Å². The number of morpholine rings is 1. The number of nitrogens with zero attached hydrogens (tertiary/aromatic N) is 5. The van der Waals surface area contributed by atoms with Crippen LogP contribution in [0.5, 0.6) is 0 Å². The third-order valence-electron chi connectivity index (χ3n) is 3.79. The molecule has 3 aromatic rings. The largest absolute Gasteiger partial charge is 0.379 e. The van der Waals surface area contributed by atoms with Crippen molar-refractivity contribution in [1.82, 2.24) is 24.7 Å². The molecule has 0 atom stereocenters. The third-order valence-corrected chi connectivity index (χ3v) is 4.74. The minimum Gasteiger partial charge on any atom is -0.379 e. The summed E-state index contributed by atoms with van der Waals surface area (Å²) in [6, 6.07) is 8.38. The van der Waals surface area contributed by atoms with Gasteiger partial charge in [-0.3, -0.25) is 4.90 Å². The molecular weight excluding hydrogens is 298 g/mol. The molecule has 1 aliphatic rings. The average Bonchev–Trinajstić information content (AvgIpc) is 3.11. The fourth-order valence-corrected chi connectivity index (χ4v) is 3.46. The fraction of sp³-hybridized carbons (Fsp3) is 0.400. The Bertz CT molecular complexity index is 790. The first-order valence-electron chi connectivity index (χ1n) is 7.38. The molecule has 1 saturated heterocycles. The van der Waals surface area contributed by atoms with Gasteiger partial charge in [0.1, 0.15) is 5.01 Å². The maximum atomic E-state index is 5.38. The van der Waals surface area contributed by atoms with E-state index in [2.05, 4.69) is 46.3 Å². The maximum absolute atomic E-state index is 5.38. The van der Waals surface area contributed by atoms with Crippen LogP contribution in [0.4, 0.5) is 0 Å². The first-order valence-corrected chi connectivity index (χ1v) is 8.19. The molecule has 0 unspecified atom stereocenters. The van der Waals surface area contributed by atoms with Gasteiger partial charge in [-0.1, -0.05) is 35.1 Å². The lowest BCUT2D eigenvalue weighted by molar-refractivity contribution is 0.0328. The number of aromatic nitrogens is 4. The Balaban J connectivity index is 1.64. The van der Waals surface area contributed by atoms with E-state index in [1.165, 1.54) is 5.56 Å². The Morgan fingerprint density at radius 1 is 1.23 bits per heavy atom. The monoisotopic (exact) mass is 315 g/mol. The molecule has 4 rings (SSSR count). The van der Waals surface area contributed by atoms with Gasteiger partial charge in [0, 0.05) is 18.7 Å². The normalized spacial score (nSPS) is 16.4. The van der Waals surface area contributed by atoms with Gasteiger partial charge in [-0.2, -0.15) is 9.61 Å². The molecule has 114 valence electrons. The van der Waals surface area contributed by atoms with Gasteiger partial charge in [-0.15, -0.1) is 10.2 Å². The van der Waals surface area contributed by atoms with Gasteiger partial charge in [0.25, 0.3) is 0 Å². The predicted molar refractivity (Wildman–Crippen MR) is 84.9 cm³/mol. The Morgan fingerprint density at radius 3 is 2.91 bits per heavy atom. The van der Waals surface area contributed by atoms with E-state index in [1.54, 1.807) is 11.3 Å². The van der Waals surface area contributed by atoms with E-state index in [4.69, 9.17) is 9.84 Å². The zero-order valence-corrected chi connectivity index (χ0v) is 13.2. The average molecular weight is 315 g/mol. The second kappa shape index (κ2) is 5.75. The molecule has 0 amide bonds. The second-order valence-corrected chi connectivity index (χ2v) is 6.43. The molecule has 0 radical (unpaired) electrons. The number of hydrogen-bond acceptors (Lipinski definition) is 6. The van der Waals surface area contributed by atoms with Gasteiger partial charge >= 0.3 is 0 Å². The predicted octanol–water partition coefficient (Wildman–Crippen LogP) is 1.99. The fourth-order valence-electron chi connectivity index (χ4n) is 2.61. The zero-order chi connectivity index (χ0) is 14.9. The molecule has 0 bridgehead atoms. The SMILES string of the molecule is Cc1cccc(-c2nn3c(CN4CCOCC4)nnc3s2)c1. The lowest BCUT2D eigenvalue weighted by Gasteiger charge is -2.25. The van der Waals surface area contributed by atoms with Gasteiger partial charge in [-0.05, 0) is 13.0 Å². The molecule has 1 fully saturated rings. The van der Waals surface area contributed by atoms with Gasteiger partial charge < -0.3 is 4.74 Å². The van der Waals surface area contributed by atoms with Crippen LogP contribution in [0.1, 0.15) is 11.4 Å². The number of ether oxygens (including phenoxy) is 1. The summed E-state index contributed by atoms with van der Waals surface area (Å²) in [5, 5.41) is 14.2. The lowest BCUT2D eigenvalue weighted by atomic mass is 10.1. The summed E-state index contributed by atoms with van der Waals surface area (Å²) >= 11 is 1.58. The Hall–Kier alpha value is -1.83. The molecule has 0 spiro atoms. The van der Waals surface area contributed by atoms with E-state index >= 15 is 0 Å². The zero-order valence-electron chi connectivity index (χ0n) is 12.4. The summed E-state index contributed by atoms with van der Waals surface area (Å²) in [5.74, 6) is 0.895. The molecule has 6 nitrogen and oxygen atoms in total. The van der Waals surface area contributed by atoms with Gasteiger partial charge in [-0.25, -0.2) is 0 Å². The van der Waals surface area contributed by atoms with Crippen molar-refractivity contribution < 1.29 is 4.74 Å². The van der Waals surface area contributed by atoms with E-state index in [0.717, 1.165) is 54.2 Å². The van der Waals surface area contributed by atoms with E-state index in [9.17, 15) is 0 Å². The van der Waals surface area contributed by atoms with E-state index < -0.39 is 0 Å². The van der Waals surface area contributed by atoms with Gasteiger partial charge in [0.05, 0.1) is 19.8 Å². The van der Waals surface area contributed by atoms with Crippen LogP contribution in [0.25, 0.3) is 15.5 Å². The maximum Gasteiger partial charge on any atom is 0.235 e. The first kappa shape index (κ1) is 13.8. The summed E-state index contributed by atoms with van der Waals surface area (Å²) in [4.78, 5) is 3.17. The van der Waals surface area contributed by atoms with Crippen LogP contribution < -0.4 is 0 Å². The molecule has 1 aromatic carbocycles. The molecule has 22 heavy (non-hydrogen) atoms. The highest BCUT2D eigenvalue weighted by Crippen LogP contribution is 2.26. The van der Waals surface area contributed by atoms with Crippen LogP contribution in [0.3, 0.4) is 0 Å². The van der Waals surface area contributed by atoms with Crippen molar-refractivity contribution in [2.45, 2.75) is 13.5 Å². The first-order chi connectivity index (χ1) is 10.8. The van der Waals surface area contributed by atoms with Gasteiger partial charge in [0.15, 0.2) is 5.82 Å². The molecular formula is C15H17N5OS. The van der Waals surface area contributed by atoms with Crippen molar-refractivity contribution in [2.24, 2.45) is 0 Å². The van der Waals surface area contributed by atoms with Gasteiger partial charge in [0.2, 0.25) is 4.96 Å². The van der Waals surface area contributed by atoms with Crippen molar-refractivity contribution in [3.63, 3.8) is 0 Å². The number of benzene rings is 1. The Morgan fingerprint density at radius 2 is 2.09 bits per heavy atom. The summed E-state index contributed by atoms with van der Waals surface area (Å²) < 4.78 is 7.25. The summed E-state index contributed by atoms with van der Waals surface area (Å²) in [7, 11) is 0. The highest BCUT2D eigenvalue weighted by molar-refractivity contribution is 7.19. The molecule has 7 heteroatoms. The third kappa shape index (κ3) is 2.63. The highest BCUT2D eigenvalue weighted by Gasteiger charge is 2.17. The van der Waals surface area contributed by atoms with E-state index in [0.29, 0.717) is 0 Å². The van der Waals surface area contributed by atoms with Crippen molar-refractivity contribution in [3.05, 3.63) is 35.7 Å². The minimum absolute atomic E-state index is 0.765. The Labute approximate surface area is 132 Å². The smallest absolute Gasteiger partial charge is 0.235 e. The van der Waals surface area contributed by atoms with Crippen LogP contribution in [-0.4, -0.2) is 51.0 Å². The summed E-state index contributed by atoms with van der Waals surface area (Å²) in [6.45, 7) is 6.30. The second-order valence-electron chi connectivity index (χ2n) is 5.48. The number of rotatable bonds is 3. The summed E-state index contributed by atoms with van der Waals surface area (Å²) in [5.41, 5.74) is 2.37. The van der Waals surface area contributed by atoms with Crippen LogP contribution >= 0.6 is 11.3 Å². The number of hydrogen-bond donors (Lipinski definition) is 0. The van der Waals surface area contributed by atoms with Crippen LogP contribution in [0.15, 0.2) is 24.3 Å². The molecule has 0 aliphatic carbocycles. The molecule has 3 heterocycles. The molecule has 1 aliphatic heterocycles. The molecule has 2 aromatic heterocycles. The van der Waals surface area contributed by atoms with Crippen molar-refractivity contribution in [3.8, 4) is 10.6 Å². The standard InChI is InChI=1S/C15H17N5OS/c1-11-3-2-4-12(9-11)14-18-20-13(16-17-15(20)22-14)10-19-5-7-21-8-6-19/h2-4,9H,5-8,10H2,1H3. The highest BCUT2D eigenvalue weighted by atomic mass is 32.1. The van der Waals surface area contributed by atoms with Crippen molar-refractivity contribution >= 4 is 16.3 Å². The van der Waals surface area contributed by atoms with Crippen LogP contribution in [0.2, 0.25) is 0 Å². The quantitative estimate of drug-likeness (QED) is 0.740. The number of aryl methyl sites for hydroxylation is 1.